The van der Waals surface area contributed by atoms with E-state index in [4.69, 9.17) is 0 Å². The average molecular weight is 461 g/mol. The first kappa shape index (κ1) is 26.2. The van der Waals surface area contributed by atoms with Gasteiger partial charge in [-0.15, -0.1) is 0 Å². The molecule has 186 valence electrons. The molecule has 0 unspecified atom stereocenters. The van der Waals surface area contributed by atoms with Crippen molar-refractivity contribution in [2.24, 2.45) is 17.8 Å². The van der Waals surface area contributed by atoms with Crippen LogP contribution in [-0.4, -0.2) is 35.6 Å². The summed E-state index contributed by atoms with van der Waals surface area (Å²) in [6.07, 6.45) is 17.2. The van der Waals surface area contributed by atoms with Gasteiger partial charge in [-0.2, -0.15) is 0 Å². The summed E-state index contributed by atoms with van der Waals surface area (Å²) in [5.41, 5.74) is 3.38. The molecule has 0 saturated heterocycles. The summed E-state index contributed by atoms with van der Waals surface area (Å²) < 4.78 is 13.6. The summed E-state index contributed by atoms with van der Waals surface area (Å²) in [6, 6.07) is 5.02. The highest BCUT2D eigenvalue weighted by Crippen LogP contribution is 2.28. The highest BCUT2D eigenvalue weighted by Gasteiger charge is 2.22. The third-order valence-electron chi connectivity index (χ3n) is 7.94. The number of hydrogen-bond acceptors (Lipinski definition) is 3. The first-order valence-corrected chi connectivity index (χ1v) is 13.5. The van der Waals surface area contributed by atoms with Crippen molar-refractivity contribution in [3.63, 3.8) is 0 Å². The normalized spacial score (nSPS) is 19.0. The number of unbranched alkanes of at least 4 members (excludes halogenated alkanes) is 1. The van der Waals surface area contributed by atoms with Gasteiger partial charge in [0.15, 0.2) is 0 Å². The van der Waals surface area contributed by atoms with Crippen LogP contribution < -0.4 is 5.48 Å². The van der Waals surface area contributed by atoms with Crippen molar-refractivity contribution in [3.8, 4) is 0 Å². The molecule has 2 saturated carbocycles. The molecular formula is C28H45FN2O2. The van der Waals surface area contributed by atoms with E-state index in [1.165, 1.54) is 83.4 Å². The van der Waals surface area contributed by atoms with Crippen molar-refractivity contribution in [1.82, 2.24) is 10.4 Å². The van der Waals surface area contributed by atoms with Crippen LogP contribution in [0.3, 0.4) is 0 Å². The number of hydrogen-bond donors (Lipinski definition) is 2. The lowest BCUT2D eigenvalue weighted by Crippen LogP contribution is -2.36. The van der Waals surface area contributed by atoms with E-state index in [2.05, 4.69) is 4.90 Å². The maximum Gasteiger partial charge on any atom is 0.246 e. The highest BCUT2D eigenvalue weighted by atomic mass is 19.1. The predicted molar refractivity (Wildman–Crippen MR) is 132 cm³/mol. The van der Waals surface area contributed by atoms with Gasteiger partial charge in [0.05, 0.1) is 0 Å². The Kier molecular flexibility index (Phi) is 11.1. The monoisotopic (exact) mass is 460 g/mol. The fourth-order valence-electron chi connectivity index (χ4n) is 5.99. The van der Waals surface area contributed by atoms with Crippen LogP contribution in [0.4, 0.5) is 4.39 Å². The summed E-state index contributed by atoms with van der Waals surface area (Å²) >= 11 is 0. The van der Waals surface area contributed by atoms with Crippen LogP contribution in [0.25, 0.3) is 0 Å². The van der Waals surface area contributed by atoms with Crippen LogP contribution in [0.1, 0.15) is 94.6 Å². The quantitative estimate of drug-likeness (QED) is 0.215. The van der Waals surface area contributed by atoms with Crippen molar-refractivity contribution in [3.05, 3.63) is 35.1 Å². The highest BCUT2D eigenvalue weighted by molar-refractivity contribution is 5.77. The van der Waals surface area contributed by atoms with E-state index in [9.17, 15) is 14.4 Å². The van der Waals surface area contributed by atoms with Crippen LogP contribution in [0.15, 0.2) is 18.2 Å². The maximum atomic E-state index is 13.6. The second kappa shape index (κ2) is 14.1. The number of nitrogens with one attached hydrogen (secondary N) is 1. The average Bonchev–Trinajstić information content (AvgIpc) is 2.84. The van der Waals surface area contributed by atoms with Crippen molar-refractivity contribution in [2.45, 2.75) is 96.8 Å². The van der Waals surface area contributed by atoms with Crippen LogP contribution in [-0.2, 0) is 11.2 Å². The molecule has 0 heterocycles. The van der Waals surface area contributed by atoms with Crippen LogP contribution in [0.2, 0.25) is 0 Å². The fourth-order valence-corrected chi connectivity index (χ4v) is 5.99. The molecule has 1 atom stereocenters. The molecule has 0 bridgehead atoms. The lowest BCUT2D eigenvalue weighted by Gasteiger charge is -2.33. The lowest BCUT2D eigenvalue weighted by molar-refractivity contribution is -0.133. The molecule has 2 fully saturated rings. The zero-order valence-electron chi connectivity index (χ0n) is 20.7. The van der Waals surface area contributed by atoms with Gasteiger partial charge >= 0.3 is 0 Å². The minimum absolute atomic E-state index is 0.224. The van der Waals surface area contributed by atoms with Crippen molar-refractivity contribution >= 4 is 5.91 Å². The Hall–Kier alpha value is -1.46. The first-order valence-electron chi connectivity index (χ1n) is 13.5. The lowest BCUT2D eigenvalue weighted by atomic mass is 9.86. The van der Waals surface area contributed by atoms with Gasteiger partial charge in [-0.25, -0.2) is 9.87 Å². The molecule has 1 amide bonds. The van der Waals surface area contributed by atoms with E-state index in [0.29, 0.717) is 12.0 Å². The van der Waals surface area contributed by atoms with Gasteiger partial charge in [-0.1, -0.05) is 57.1 Å². The molecule has 1 aromatic rings. The van der Waals surface area contributed by atoms with Crippen molar-refractivity contribution in [2.75, 3.05) is 19.6 Å². The Morgan fingerprint density at radius 2 is 1.64 bits per heavy atom. The number of aryl methyl sites for hydroxylation is 1. The van der Waals surface area contributed by atoms with E-state index in [0.717, 1.165) is 43.2 Å². The smallest absolute Gasteiger partial charge is 0.246 e. The number of carbonyl (C=O) groups excluding carboxylic acids is 1. The molecule has 2 N–H and O–H groups in total. The molecule has 0 aromatic heterocycles. The largest absolute Gasteiger partial charge is 0.303 e. The van der Waals surface area contributed by atoms with Crippen molar-refractivity contribution < 1.29 is 14.4 Å². The summed E-state index contributed by atoms with van der Waals surface area (Å²) in [5.74, 6) is 0.870. The van der Waals surface area contributed by atoms with Gasteiger partial charge in [-0.3, -0.25) is 10.0 Å². The maximum absolute atomic E-state index is 13.6. The van der Waals surface area contributed by atoms with Gasteiger partial charge in [0, 0.05) is 19.0 Å². The van der Waals surface area contributed by atoms with Gasteiger partial charge in [0.1, 0.15) is 5.82 Å². The number of hydroxylamine groups is 1. The fraction of sp³-hybridized carbons (Fsp3) is 0.750. The number of benzene rings is 1. The van der Waals surface area contributed by atoms with Gasteiger partial charge in [-0.05, 0) is 87.4 Å². The van der Waals surface area contributed by atoms with E-state index in [1.54, 1.807) is 13.0 Å². The summed E-state index contributed by atoms with van der Waals surface area (Å²) in [4.78, 5) is 15.0. The van der Waals surface area contributed by atoms with Gasteiger partial charge in [0.25, 0.3) is 0 Å². The molecule has 5 heteroatoms. The van der Waals surface area contributed by atoms with Crippen LogP contribution >= 0.6 is 0 Å². The van der Waals surface area contributed by atoms with Gasteiger partial charge in [0.2, 0.25) is 5.91 Å². The van der Waals surface area contributed by atoms with E-state index in [1.807, 2.05) is 11.5 Å². The second-order valence-electron chi connectivity index (χ2n) is 10.7. The number of halogens is 1. The summed E-state index contributed by atoms with van der Waals surface area (Å²) in [6.45, 7) is 5.33. The third-order valence-corrected chi connectivity index (χ3v) is 7.94. The Morgan fingerprint density at radius 3 is 2.18 bits per heavy atom. The molecule has 0 spiro atoms. The topological polar surface area (TPSA) is 52.6 Å². The number of rotatable bonds is 12. The minimum atomic E-state index is -0.335. The zero-order valence-corrected chi connectivity index (χ0v) is 20.7. The Balaban J connectivity index is 1.49. The zero-order chi connectivity index (χ0) is 23.5. The molecule has 2 aliphatic rings. The van der Waals surface area contributed by atoms with E-state index < -0.39 is 0 Å². The Bertz CT molecular complexity index is 694. The van der Waals surface area contributed by atoms with Gasteiger partial charge < -0.3 is 4.90 Å². The molecule has 1 aromatic carbocycles. The molecule has 4 nitrogen and oxygen atoms in total. The van der Waals surface area contributed by atoms with E-state index >= 15 is 0 Å². The first-order chi connectivity index (χ1) is 16.0. The predicted octanol–water partition coefficient (Wildman–Crippen LogP) is 6.43. The molecule has 2 aliphatic carbocycles. The summed E-state index contributed by atoms with van der Waals surface area (Å²) in [5, 5.41) is 9.22. The Morgan fingerprint density at radius 1 is 1.03 bits per heavy atom. The second-order valence-corrected chi connectivity index (χ2v) is 10.7. The molecule has 0 radical (unpaired) electrons. The van der Waals surface area contributed by atoms with Crippen LogP contribution in [0.5, 0.6) is 0 Å². The number of carbonyl (C=O) groups is 1. The molecule has 3 rings (SSSR count). The van der Waals surface area contributed by atoms with Crippen molar-refractivity contribution in [1.29, 1.82) is 0 Å². The molecule has 33 heavy (non-hydrogen) atoms. The number of amides is 1. The molecule has 0 aliphatic heterocycles. The SMILES string of the molecule is Cc1cc(C[C@H](CCCCN(CC2CCCCC2)CC2CCCCC2)C(=O)NO)ccc1F. The Labute approximate surface area is 200 Å². The molecular weight excluding hydrogens is 415 g/mol. The number of nitrogens with zero attached hydrogens (tertiary/aromatic N) is 1. The third kappa shape index (κ3) is 9.01. The van der Waals surface area contributed by atoms with E-state index in [-0.39, 0.29) is 17.6 Å². The van der Waals surface area contributed by atoms with Crippen LogP contribution in [0, 0.1) is 30.5 Å². The summed E-state index contributed by atoms with van der Waals surface area (Å²) in [7, 11) is 0. The minimum Gasteiger partial charge on any atom is -0.303 e. The standard InChI is InChI=1S/C28H45FN2O2/c1-22-18-25(15-16-27(22)29)19-26(28(32)30-33)14-8-9-17-31(20-23-10-4-2-5-11-23)21-24-12-6-3-7-13-24/h15-16,18,23-24,26,33H,2-14,17,19-21H2,1H3,(H,30,32)/t26-/m0/s1.